The van der Waals surface area contributed by atoms with Gasteiger partial charge >= 0.3 is 0 Å². The topological polar surface area (TPSA) is 60.3 Å². The van der Waals surface area contributed by atoms with Crippen LogP contribution in [0.2, 0.25) is 0 Å². The molecule has 110 valence electrons. The molecule has 0 aliphatic rings. The molecule has 0 unspecified atom stereocenters. The second kappa shape index (κ2) is 8.35. The highest BCUT2D eigenvalue weighted by Gasteiger charge is 2.10. The molecule has 0 aliphatic carbocycles. The SMILES string of the molecule is CCCS(=O)(=O)CCn1cccc1CNCCOC. The van der Waals surface area contributed by atoms with E-state index in [9.17, 15) is 8.42 Å². The Bertz CT molecular complexity index is 454. The van der Waals surface area contributed by atoms with Crippen LogP contribution in [0.3, 0.4) is 0 Å². The van der Waals surface area contributed by atoms with Crippen LogP contribution in [0.1, 0.15) is 19.0 Å². The minimum atomic E-state index is -2.91. The van der Waals surface area contributed by atoms with Crippen LogP contribution in [0.25, 0.3) is 0 Å². The number of nitrogens with one attached hydrogen (secondary N) is 1. The monoisotopic (exact) mass is 288 g/mol. The van der Waals surface area contributed by atoms with Crippen LogP contribution in [-0.4, -0.2) is 44.8 Å². The van der Waals surface area contributed by atoms with Gasteiger partial charge in [0, 0.05) is 44.4 Å². The van der Waals surface area contributed by atoms with Crippen molar-refractivity contribution in [2.75, 3.05) is 31.8 Å². The first kappa shape index (κ1) is 16.2. The third-order valence-corrected chi connectivity index (χ3v) is 4.71. The first-order chi connectivity index (χ1) is 9.09. The van der Waals surface area contributed by atoms with Gasteiger partial charge in [-0.25, -0.2) is 8.42 Å². The van der Waals surface area contributed by atoms with Crippen molar-refractivity contribution in [3.63, 3.8) is 0 Å². The van der Waals surface area contributed by atoms with Crippen molar-refractivity contribution in [3.05, 3.63) is 24.0 Å². The van der Waals surface area contributed by atoms with Crippen LogP contribution >= 0.6 is 0 Å². The van der Waals surface area contributed by atoms with E-state index >= 15 is 0 Å². The molecule has 6 heteroatoms. The summed E-state index contributed by atoms with van der Waals surface area (Å²) in [5.41, 5.74) is 1.10. The predicted octanol–water partition coefficient (Wildman–Crippen LogP) is 1.05. The number of nitrogens with zero attached hydrogens (tertiary/aromatic N) is 1. The van der Waals surface area contributed by atoms with Gasteiger partial charge < -0.3 is 14.6 Å². The molecular weight excluding hydrogens is 264 g/mol. The number of rotatable bonds is 10. The molecule has 0 saturated carbocycles. The van der Waals surface area contributed by atoms with E-state index in [0.717, 1.165) is 18.8 Å². The number of methoxy groups -OCH3 is 1. The van der Waals surface area contributed by atoms with Crippen LogP contribution in [0.5, 0.6) is 0 Å². The summed E-state index contributed by atoms with van der Waals surface area (Å²) >= 11 is 0. The third-order valence-electron chi connectivity index (χ3n) is 2.87. The molecule has 0 atom stereocenters. The van der Waals surface area contributed by atoms with E-state index < -0.39 is 9.84 Å². The highest BCUT2D eigenvalue weighted by molar-refractivity contribution is 7.91. The van der Waals surface area contributed by atoms with Gasteiger partial charge in [0.2, 0.25) is 0 Å². The molecule has 1 aromatic heterocycles. The number of ether oxygens (including phenoxy) is 1. The molecule has 0 fully saturated rings. The third kappa shape index (κ3) is 6.22. The van der Waals surface area contributed by atoms with E-state index in [-0.39, 0.29) is 11.5 Å². The number of aryl methyl sites for hydroxylation is 1. The molecule has 0 spiro atoms. The molecule has 0 aromatic carbocycles. The number of hydrogen-bond donors (Lipinski definition) is 1. The van der Waals surface area contributed by atoms with Gasteiger partial charge in [0.25, 0.3) is 0 Å². The van der Waals surface area contributed by atoms with Crippen LogP contribution in [0.15, 0.2) is 18.3 Å². The average Bonchev–Trinajstić information content (AvgIpc) is 2.80. The molecular formula is C13H24N2O3S. The summed E-state index contributed by atoms with van der Waals surface area (Å²) in [6, 6.07) is 3.95. The van der Waals surface area contributed by atoms with Crippen LogP contribution in [0, 0.1) is 0 Å². The Morgan fingerprint density at radius 1 is 1.37 bits per heavy atom. The molecule has 1 rings (SSSR count). The summed E-state index contributed by atoms with van der Waals surface area (Å²) in [5.74, 6) is 0.482. The number of hydrogen-bond acceptors (Lipinski definition) is 4. The average molecular weight is 288 g/mol. The second-order valence-corrected chi connectivity index (χ2v) is 6.82. The Kier molecular flexibility index (Phi) is 7.12. The normalized spacial score (nSPS) is 11.9. The molecule has 1 aromatic rings. The fourth-order valence-electron chi connectivity index (χ4n) is 1.87. The lowest BCUT2D eigenvalue weighted by Gasteiger charge is -2.10. The summed E-state index contributed by atoms with van der Waals surface area (Å²) in [6.07, 6.45) is 2.61. The van der Waals surface area contributed by atoms with Crippen LogP contribution in [-0.2, 0) is 27.7 Å². The summed E-state index contributed by atoms with van der Waals surface area (Å²) in [6.45, 7) is 4.60. The zero-order valence-electron chi connectivity index (χ0n) is 11.8. The quantitative estimate of drug-likeness (QED) is 0.654. The van der Waals surface area contributed by atoms with E-state index in [1.54, 1.807) is 7.11 Å². The predicted molar refractivity (Wildman–Crippen MR) is 77.0 cm³/mol. The van der Waals surface area contributed by atoms with Crippen molar-refractivity contribution in [1.29, 1.82) is 0 Å². The van der Waals surface area contributed by atoms with Gasteiger partial charge in [-0.15, -0.1) is 0 Å². The zero-order valence-corrected chi connectivity index (χ0v) is 12.6. The molecule has 0 radical (unpaired) electrons. The molecule has 0 saturated heterocycles. The van der Waals surface area contributed by atoms with Crippen LogP contribution in [0.4, 0.5) is 0 Å². The van der Waals surface area contributed by atoms with Gasteiger partial charge in [0.15, 0.2) is 9.84 Å². The van der Waals surface area contributed by atoms with Crippen molar-refractivity contribution in [2.45, 2.75) is 26.4 Å². The number of aromatic nitrogens is 1. The maximum absolute atomic E-state index is 11.7. The molecule has 1 heterocycles. The Morgan fingerprint density at radius 3 is 2.84 bits per heavy atom. The first-order valence-corrected chi connectivity index (χ1v) is 8.45. The Labute approximate surface area is 115 Å². The van der Waals surface area contributed by atoms with E-state index in [4.69, 9.17) is 4.74 Å². The maximum atomic E-state index is 11.7. The minimum absolute atomic E-state index is 0.209. The van der Waals surface area contributed by atoms with Gasteiger partial charge in [-0.05, 0) is 18.6 Å². The molecule has 0 aliphatic heterocycles. The van der Waals surface area contributed by atoms with Crippen molar-refractivity contribution in [3.8, 4) is 0 Å². The molecule has 5 nitrogen and oxygen atoms in total. The first-order valence-electron chi connectivity index (χ1n) is 6.63. The fourth-order valence-corrected chi connectivity index (χ4v) is 3.17. The van der Waals surface area contributed by atoms with Crippen molar-refractivity contribution in [1.82, 2.24) is 9.88 Å². The van der Waals surface area contributed by atoms with E-state index in [0.29, 0.717) is 19.6 Å². The van der Waals surface area contributed by atoms with Crippen molar-refractivity contribution in [2.24, 2.45) is 0 Å². The van der Waals surface area contributed by atoms with Gasteiger partial charge in [-0.3, -0.25) is 0 Å². The van der Waals surface area contributed by atoms with E-state index in [1.165, 1.54) is 0 Å². The van der Waals surface area contributed by atoms with Crippen LogP contribution < -0.4 is 5.32 Å². The fraction of sp³-hybridized carbons (Fsp3) is 0.692. The highest BCUT2D eigenvalue weighted by atomic mass is 32.2. The number of sulfone groups is 1. The minimum Gasteiger partial charge on any atom is -0.383 e. The Morgan fingerprint density at radius 2 is 2.16 bits per heavy atom. The zero-order chi connectivity index (χ0) is 14.1. The van der Waals surface area contributed by atoms with Gasteiger partial charge in [0.1, 0.15) is 0 Å². The smallest absolute Gasteiger partial charge is 0.152 e. The maximum Gasteiger partial charge on any atom is 0.152 e. The van der Waals surface area contributed by atoms with Gasteiger partial charge in [0.05, 0.1) is 12.4 Å². The summed E-state index contributed by atoms with van der Waals surface area (Å²) in [5, 5.41) is 3.26. The molecule has 0 bridgehead atoms. The lowest BCUT2D eigenvalue weighted by molar-refractivity contribution is 0.199. The van der Waals surface area contributed by atoms with Crippen molar-refractivity contribution < 1.29 is 13.2 Å². The molecule has 0 amide bonds. The standard InChI is InChI=1S/C13H24N2O3S/c1-3-10-19(16,17)11-8-15-7-4-5-13(15)12-14-6-9-18-2/h4-5,7,14H,3,6,8-12H2,1-2H3. The summed E-state index contributed by atoms with van der Waals surface area (Å²) in [7, 11) is -1.25. The Hall–Kier alpha value is -0.850. The summed E-state index contributed by atoms with van der Waals surface area (Å²) < 4.78 is 30.3. The molecule has 19 heavy (non-hydrogen) atoms. The molecule has 1 N–H and O–H groups in total. The Balaban J connectivity index is 2.44. The van der Waals surface area contributed by atoms with E-state index in [2.05, 4.69) is 5.32 Å². The largest absolute Gasteiger partial charge is 0.383 e. The highest BCUT2D eigenvalue weighted by Crippen LogP contribution is 2.04. The van der Waals surface area contributed by atoms with E-state index in [1.807, 2.05) is 29.8 Å². The lowest BCUT2D eigenvalue weighted by Crippen LogP contribution is -2.22. The summed E-state index contributed by atoms with van der Waals surface area (Å²) in [4.78, 5) is 0. The van der Waals surface area contributed by atoms with Gasteiger partial charge in [-0.2, -0.15) is 0 Å². The van der Waals surface area contributed by atoms with Gasteiger partial charge in [-0.1, -0.05) is 6.92 Å². The lowest BCUT2D eigenvalue weighted by atomic mass is 10.4. The van der Waals surface area contributed by atoms with Crippen molar-refractivity contribution >= 4 is 9.84 Å². The second-order valence-electron chi connectivity index (χ2n) is 4.51.